The minimum absolute atomic E-state index is 0.126. The minimum Gasteiger partial charge on any atom is -0.452 e. The van der Waals surface area contributed by atoms with Gasteiger partial charge in [-0.25, -0.2) is 4.79 Å². The minimum atomic E-state index is -0.750. The summed E-state index contributed by atoms with van der Waals surface area (Å²) in [4.78, 5) is 36.9. The summed E-state index contributed by atoms with van der Waals surface area (Å²) in [5.41, 5.74) is 1.66. The zero-order chi connectivity index (χ0) is 21.3. The molecule has 0 heterocycles. The molecule has 2 N–H and O–H groups in total. The number of rotatable bonds is 6. The number of amides is 2. The number of ether oxygens (including phenoxy) is 1. The third-order valence-corrected chi connectivity index (χ3v) is 4.04. The van der Waals surface area contributed by atoms with Gasteiger partial charge in [0.05, 0.1) is 22.9 Å². The van der Waals surface area contributed by atoms with E-state index in [0.29, 0.717) is 16.8 Å². The number of carbonyl (C=O) groups excluding carboxylic acids is 3. The largest absolute Gasteiger partial charge is 0.452 e. The van der Waals surface area contributed by atoms with Crippen molar-refractivity contribution >= 4 is 29.2 Å². The lowest BCUT2D eigenvalue weighted by atomic mass is 10.1. The first-order chi connectivity index (χ1) is 14.6. The number of nitriles is 1. The molecule has 148 valence electrons. The number of anilines is 2. The Kier molecular flexibility index (Phi) is 6.54. The molecule has 7 nitrogen and oxygen atoms in total. The van der Waals surface area contributed by atoms with Crippen molar-refractivity contribution < 1.29 is 19.1 Å². The second-order valence-corrected chi connectivity index (χ2v) is 6.18. The summed E-state index contributed by atoms with van der Waals surface area (Å²) in [6.07, 6.45) is 0. The highest BCUT2D eigenvalue weighted by molar-refractivity contribution is 6.08. The summed E-state index contributed by atoms with van der Waals surface area (Å²) in [6.45, 7) is -0.517. The molecule has 0 aliphatic carbocycles. The fourth-order valence-electron chi connectivity index (χ4n) is 2.63. The average molecular weight is 399 g/mol. The number of carbonyl (C=O) groups is 3. The van der Waals surface area contributed by atoms with Crippen LogP contribution in [0.2, 0.25) is 0 Å². The SMILES string of the molecule is N#Cc1cccc(NC(=O)COC(=O)c2ccccc2NC(=O)c2ccccc2)c1. The Balaban J connectivity index is 1.62. The van der Waals surface area contributed by atoms with Gasteiger partial charge < -0.3 is 15.4 Å². The molecule has 0 aliphatic rings. The van der Waals surface area contributed by atoms with Crippen LogP contribution in [-0.4, -0.2) is 24.4 Å². The van der Waals surface area contributed by atoms with Gasteiger partial charge in [-0.3, -0.25) is 9.59 Å². The predicted molar refractivity (Wildman–Crippen MR) is 111 cm³/mol. The van der Waals surface area contributed by atoms with Gasteiger partial charge in [-0.2, -0.15) is 5.26 Å². The molecule has 2 amide bonds. The molecule has 0 spiro atoms. The number of para-hydroxylation sites is 1. The zero-order valence-electron chi connectivity index (χ0n) is 15.8. The number of benzene rings is 3. The fraction of sp³-hybridized carbons (Fsp3) is 0.0435. The Bertz CT molecular complexity index is 1120. The molecule has 3 rings (SSSR count). The van der Waals surface area contributed by atoms with Crippen LogP contribution in [0.25, 0.3) is 0 Å². The smallest absolute Gasteiger partial charge is 0.340 e. The first-order valence-electron chi connectivity index (χ1n) is 8.99. The van der Waals surface area contributed by atoms with Crippen molar-refractivity contribution in [2.75, 3.05) is 17.2 Å². The average Bonchev–Trinajstić information content (AvgIpc) is 2.78. The molecule has 0 aliphatic heterocycles. The first kappa shape index (κ1) is 20.3. The lowest BCUT2D eigenvalue weighted by molar-refractivity contribution is -0.119. The molecule has 30 heavy (non-hydrogen) atoms. The molecule has 0 unspecified atom stereocenters. The second-order valence-electron chi connectivity index (χ2n) is 6.18. The highest BCUT2D eigenvalue weighted by Crippen LogP contribution is 2.18. The van der Waals surface area contributed by atoms with Crippen molar-refractivity contribution in [1.29, 1.82) is 5.26 Å². The maximum atomic E-state index is 12.4. The Morgan fingerprint density at radius 1 is 0.867 bits per heavy atom. The van der Waals surface area contributed by atoms with Crippen LogP contribution < -0.4 is 10.6 Å². The Morgan fingerprint density at radius 2 is 1.60 bits per heavy atom. The van der Waals surface area contributed by atoms with Crippen LogP contribution in [0.3, 0.4) is 0 Å². The second kappa shape index (κ2) is 9.66. The molecular weight excluding hydrogens is 382 g/mol. The molecule has 0 aromatic heterocycles. The molecule has 3 aromatic carbocycles. The highest BCUT2D eigenvalue weighted by Gasteiger charge is 2.16. The van der Waals surface area contributed by atoms with E-state index in [1.807, 2.05) is 6.07 Å². The van der Waals surface area contributed by atoms with E-state index in [0.717, 1.165) is 0 Å². The maximum Gasteiger partial charge on any atom is 0.340 e. The van der Waals surface area contributed by atoms with Crippen molar-refractivity contribution in [3.8, 4) is 6.07 Å². The number of nitrogens with zero attached hydrogens (tertiary/aromatic N) is 1. The monoisotopic (exact) mass is 399 g/mol. The standard InChI is InChI=1S/C23H17N3O4/c24-14-16-7-6-10-18(13-16)25-21(27)15-30-23(29)19-11-4-5-12-20(19)26-22(28)17-8-2-1-3-9-17/h1-13H,15H2,(H,25,27)(H,26,28). The molecule has 0 bridgehead atoms. The van der Waals surface area contributed by atoms with E-state index in [1.165, 1.54) is 12.1 Å². The van der Waals surface area contributed by atoms with Gasteiger partial charge in [-0.1, -0.05) is 36.4 Å². The summed E-state index contributed by atoms with van der Waals surface area (Å²) in [5.74, 6) is -1.67. The van der Waals surface area contributed by atoms with Gasteiger partial charge in [-0.05, 0) is 42.5 Å². The molecule has 0 saturated carbocycles. The lowest BCUT2D eigenvalue weighted by Crippen LogP contribution is -2.22. The third-order valence-electron chi connectivity index (χ3n) is 4.04. The summed E-state index contributed by atoms with van der Waals surface area (Å²) >= 11 is 0. The van der Waals surface area contributed by atoms with Gasteiger partial charge in [0.1, 0.15) is 0 Å². The van der Waals surface area contributed by atoms with E-state index >= 15 is 0 Å². The molecular formula is C23H17N3O4. The van der Waals surface area contributed by atoms with Gasteiger partial charge in [-0.15, -0.1) is 0 Å². The highest BCUT2D eigenvalue weighted by atomic mass is 16.5. The Labute approximate surface area is 172 Å². The van der Waals surface area contributed by atoms with Crippen LogP contribution >= 0.6 is 0 Å². The summed E-state index contributed by atoms with van der Waals surface area (Å²) < 4.78 is 5.08. The van der Waals surface area contributed by atoms with Crippen LogP contribution in [0.4, 0.5) is 11.4 Å². The Hall–Kier alpha value is -4.44. The topological polar surface area (TPSA) is 108 Å². The van der Waals surface area contributed by atoms with Crippen LogP contribution in [0.1, 0.15) is 26.3 Å². The summed E-state index contributed by atoms with van der Waals surface area (Å²) in [7, 11) is 0. The van der Waals surface area contributed by atoms with Crippen molar-refractivity contribution in [1.82, 2.24) is 0 Å². The molecule has 0 fully saturated rings. The molecule has 3 aromatic rings. The Morgan fingerprint density at radius 3 is 2.37 bits per heavy atom. The fourth-order valence-corrected chi connectivity index (χ4v) is 2.63. The van der Waals surface area contributed by atoms with E-state index in [4.69, 9.17) is 10.00 Å². The van der Waals surface area contributed by atoms with E-state index in [1.54, 1.807) is 66.7 Å². The van der Waals surface area contributed by atoms with Crippen LogP contribution in [0, 0.1) is 11.3 Å². The summed E-state index contributed by atoms with van der Waals surface area (Å²) in [5, 5.41) is 14.1. The molecule has 0 radical (unpaired) electrons. The maximum absolute atomic E-state index is 12.4. The summed E-state index contributed by atoms with van der Waals surface area (Å²) in [6, 6.07) is 23.3. The van der Waals surface area contributed by atoms with Crippen LogP contribution in [0.5, 0.6) is 0 Å². The van der Waals surface area contributed by atoms with E-state index in [9.17, 15) is 14.4 Å². The normalized spacial score (nSPS) is 9.83. The van der Waals surface area contributed by atoms with Gasteiger partial charge in [0, 0.05) is 11.3 Å². The van der Waals surface area contributed by atoms with Crippen LogP contribution in [0.15, 0.2) is 78.9 Å². The predicted octanol–water partition coefficient (Wildman–Crippen LogP) is 3.61. The number of esters is 1. The van der Waals surface area contributed by atoms with Gasteiger partial charge in [0.15, 0.2) is 6.61 Å². The van der Waals surface area contributed by atoms with Gasteiger partial charge in [0.25, 0.3) is 11.8 Å². The van der Waals surface area contributed by atoms with E-state index < -0.39 is 18.5 Å². The van der Waals surface area contributed by atoms with Gasteiger partial charge >= 0.3 is 5.97 Å². The van der Waals surface area contributed by atoms with E-state index in [-0.39, 0.29) is 17.2 Å². The number of hydrogen-bond acceptors (Lipinski definition) is 5. The van der Waals surface area contributed by atoms with Crippen molar-refractivity contribution in [3.63, 3.8) is 0 Å². The lowest BCUT2D eigenvalue weighted by Gasteiger charge is -2.11. The van der Waals surface area contributed by atoms with E-state index in [2.05, 4.69) is 10.6 Å². The van der Waals surface area contributed by atoms with Crippen LogP contribution in [-0.2, 0) is 9.53 Å². The first-order valence-corrected chi connectivity index (χ1v) is 8.99. The van der Waals surface area contributed by atoms with Crippen molar-refractivity contribution in [3.05, 3.63) is 95.6 Å². The molecule has 0 saturated heterocycles. The zero-order valence-corrected chi connectivity index (χ0v) is 15.8. The van der Waals surface area contributed by atoms with Crippen molar-refractivity contribution in [2.45, 2.75) is 0 Å². The van der Waals surface area contributed by atoms with Crippen molar-refractivity contribution in [2.24, 2.45) is 0 Å². The van der Waals surface area contributed by atoms with Gasteiger partial charge in [0.2, 0.25) is 0 Å². The molecule has 0 atom stereocenters. The third kappa shape index (κ3) is 5.30. The number of nitrogens with one attached hydrogen (secondary N) is 2. The quantitative estimate of drug-likeness (QED) is 0.616. The molecule has 7 heteroatoms. The number of hydrogen-bond donors (Lipinski definition) is 2.